The van der Waals surface area contributed by atoms with Gasteiger partial charge in [0.2, 0.25) is 0 Å². The number of aromatic amines is 1. The molecule has 1 heterocycles. The second kappa shape index (κ2) is 5.56. The molecule has 0 aliphatic rings. The Hall–Kier alpha value is -0.990. The van der Waals surface area contributed by atoms with Gasteiger partial charge >= 0.3 is 0 Å². The van der Waals surface area contributed by atoms with E-state index >= 15 is 0 Å². The molecule has 2 rings (SSSR count). The van der Waals surface area contributed by atoms with Crippen LogP contribution in [0.1, 0.15) is 32.3 Å². The van der Waals surface area contributed by atoms with Gasteiger partial charge in [-0.1, -0.05) is 31.0 Å². The average molecular weight is 251 g/mol. The lowest BCUT2D eigenvalue weighted by Gasteiger charge is -2.11. The van der Waals surface area contributed by atoms with Gasteiger partial charge in [-0.15, -0.1) is 0 Å². The zero-order valence-electron chi connectivity index (χ0n) is 10.4. The molecule has 1 unspecified atom stereocenters. The predicted molar refractivity (Wildman–Crippen MR) is 74.5 cm³/mol. The number of H-pyrrole nitrogens is 1. The minimum Gasteiger partial charge on any atom is -0.361 e. The molecular formula is C14H19ClN2. The molecule has 92 valence electrons. The molecule has 2 nitrogen and oxygen atoms in total. The summed E-state index contributed by atoms with van der Waals surface area (Å²) in [4.78, 5) is 3.26. The molecule has 1 atom stereocenters. The van der Waals surface area contributed by atoms with Crippen LogP contribution in [0.2, 0.25) is 5.02 Å². The molecule has 0 saturated carbocycles. The van der Waals surface area contributed by atoms with Crippen molar-refractivity contribution in [2.24, 2.45) is 0 Å². The Morgan fingerprint density at radius 3 is 3.00 bits per heavy atom. The van der Waals surface area contributed by atoms with Gasteiger partial charge in [-0.2, -0.15) is 0 Å². The summed E-state index contributed by atoms with van der Waals surface area (Å²) < 4.78 is 0. The Morgan fingerprint density at radius 1 is 1.41 bits per heavy atom. The van der Waals surface area contributed by atoms with Gasteiger partial charge in [0.1, 0.15) is 0 Å². The Bertz CT molecular complexity index is 490. The number of fused-ring (bicyclic) bond motifs is 1. The summed E-state index contributed by atoms with van der Waals surface area (Å²) in [5.74, 6) is 0. The normalized spacial score (nSPS) is 13.1. The van der Waals surface area contributed by atoms with E-state index in [1.807, 2.05) is 12.1 Å². The highest BCUT2D eigenvalue weighted by molar-refractivity contribution is 6.31. The van der Waals surface area contributed by atoms with Crippen molar-refractivity contribution < 1.29 is 0 Å². The van der Waals surface area contributed by atoms with E-state index in [2.05, 4.69) is 36.4 Å². The van der Waals surface area contributed by atoms with Gasteiger partial charge in [0.15, 0.2) is 0 Å². The summed E-state index contributed by atoms with van der Waals surface area (Å²) in [6, 6.07) is 6.56. The van der Waals surface area contributed by atoms with Gasteiger partial charge < -0.3 is 10.3 Å². The van der Waals surface area contributed by atoms with Crippen molar-refractivity contribution in [1.82, 2.24) is 10.3 Å². The number of nitrogens with one attached hydrogen (secondary N) is 2. The third-order valence-corrected chi connectivity index (χ3v) is 3.33. The van der Waals surface area contributed by atoms with Crippen LogP contribution in [0.15, 0.2) is 24.4 Å². The Kier molecular flexibility index (Phi) is 4.08. The van der Waals surface area contributed by atoms with Crippen LogP contribution in [0.5, 0.6) is 0 Å². The minimum absolute atomic E-state index is 0.567. The molecule has 0 bridgehead atoms. The maximum Gasteiger partial charge on any atom is 0.0472 e. The largest absolute Gasteiger partial charge is 0.361 e. The Morgan fingerprint density at radius 2 is 2.24 bits per heavy atom. The fourth-order valence-electron chi connectivity index (χ4n) is 2.12. The van der Waals surface area contributed by atoms with Crippen LogP contribution in [0.3, 0.4) is 0 Å². The maximum absolute atomic E-state index is 5.96. The van der Waals surface area contributed by atoms with Gasteiger partial charge in [0.05, 0.1) is 0 Å². The van der Waals surface area contributed by atoms with Gasteiger partial charge in [0.25, 0.3) is 0 Å². The first-order chi connectivity index (χ1) is 8.20. The lowest BCUT2D eigenvalue weighted by Crippen LogP contribution is -2.24. The topological polar surface area (TPSA) is 27.8 Å². The quantitative estimate of drug-likeness (QED) is 0.822. The highest BCUT2D eigenvalue weighted by atomic mass is 35.5. The zero-order valence-corrected chi connectivity index (χ0v) is 11.1. The van der Waals surface area contributed by atoms with Gasteiger partial charge in [0, 0.05) is 34.7 Å². The first-order valence-electron chi connectivity index (χ1n) is 6.19. The molecular weight excluding hydrogens is 232 g/mol. The molecule has 0 radical (unpaired) electrons. The van der Waals surface area contributed by atoms with E-state index in [-0.39, 0.29) is 0 Å². The summed E-state index contributed by atoms with van der Waals surface area (Å²) in [6.45, 7) is 5.35. The highest BCUT2D eigenvalue weighted by Gasteiger charge is 2.05. The molecule has 1 aromatic carbocycles. The van der Waals surface area contributed by atoms with Gasteiger partial charge in [-0.3, -0.25) is 0 Å². The first-order valence-corrected chi connectivity index (χ1v) is 6.57. The van der Waals surface area contributed by atoms with E-state index in [1.165, 1.54) is 23.8 Å². The van der Waals surface area contributed by atoms with E-state index in [4.69, 9.17) is 11.6 Å². The lowest BCUT2D eigenvalue weighted by atomic mass is 10.1. The van der Waals surface area contributed by atoms with Crippen LogP contribution >= 0.6 is 11.6 Å². The average Bonchev–Trinajstić information content (AvgIpc) is 2.69. The Balaban J connectivity index is 2.09. The molecule has 0 fully saturated rings. The van der Waals surface area contributed by atoms with Crippen molar-refractivity contribution >= 4 is 22.5 Å². The van der Waals surface area contributed by atoms with Crippen LogP contribution in [-0.4, -0.2) is 11.0 Å². The van der Waals surface area contributed by atoms with Crippen LogP contribution < -0.4 is 5.32 Å². The first kappa shape index (κ1) is 12.5. The van der Waals surface area contributed by atoms with Crippen LogP contribution in [0.25, 0.3) is 10.9 Å². The van der Waals surface area contributed by atoms with E-state index in [0.29, 0.717) is 6.04 Å². The molecule has 0 saturated heterocycles. The summed E-state index contributed by atoms with van der Waals surface area (Å²) >= 11 is 5.96. The van der Waals surface area contributed by atoms with Crippen molar-refractivity contribution in [1.29, 1.82) is 0 Å². The molecule has 3 heteroatoms. The molecule has 1 aromatic heterocycles. The number of aromatic nitrogens is 1. The number of benzene rings is 1. The summed E-state index contributed by atoms with van der Waals surface area (Å²) in [5.41, 5.74) is 2.41. The van der Waals surface area contributed by atoms with Crippen LogP contribution in [0.4, 0.5) is 0 Å². The Labute approximate surface area is 107 Å². The number of halogens is 1. The van der Waals surface area contributed by atoms with Crippen molar-refractivity contribution in [3.8, 4) is 0 Å². The molecule has 0 aliphatic heterocycles. The molecule has 0 amide bonds. The molecule has 0 spiro atoms. The fraction of sp³-hybridized carbons (Fsp3) is 0.429. The summed E-state index contributed by atoms with van der Waals surface area (Å²) in [7, 11) is 0. The SMILES string of the molecule is CCCC(C)NCc1c[nH]c2cc(Cl)ccc12. The standard InChI is InChI=1S/C14H19ClN2/c1-3-4-10(2)16-8-11-9-17-14-7-12(15)5-6-13(11)14/h5-7,9-10,16-17H,3-4,8H2,1-2H3. The van der Waals surface area contributed by atoms with E-state index in [0.717, 1.165) is 17.1 Å². The zero-order chi connectivity index (χ0) is 12.3. The lowest BCUT2D eigenvalue weighted by molar-refractivity contribution is 0.509. The van der Waals surface area contributed by atoms with Crippen molar-refractivity contribution in [2.45, 2.75) is 39.3 Å². The fourth-order valence-corrected chi connectivity index (χ4v) is 2.30. The van der Waals surface area contributed by atoms with Crippen molar-refractivity contribution in [3.05, 3.63) is 35.0 Å². The van der Waals surface area contributed by atoms with Gasteiger partial charge in [-0.25, -0.2) is 0 Å². The van der Waals surface area contributed by atoms with Gasteiger partial charge in [-0.05, 0) is 31.0 Å². The third-order valence-electron chi connectivity index (χ3n) is 3.09. The number of hydrogen-bond acceptors (Lipinski definition) is 1. The minimum atomic E-state index is 0.567. The highest BCUT2D eigenvalue weighted by Crippen LogP contribution is 2.22. The van der Waals surface area contributed by atoms with E-state index < -0.39 is 0 Å². The van der Waals surface area contributed by atoms with Crippen molar-refractivity contribution in [3.63, 3.8) is 0 Å². The van der Waals surface area contributed by atoms with Crippen LogP contribution in [0, 0.1) is 0 Å². The monoisotopic (exact) mass is 250 g/mol. The summed E-state index contributed by atoms with van der Waals surface area (Å²) in [5, 5.41) is 5.57. The third kappa shape index (κ3) is 3.02. The van der Waals surface area contributed by atoms with E-state index in [9.17, 15) is 0 Å². The molecule has 2 aromatic rings. The molecule has 17 heavy (non-hydrogen) atoms. The van der Waals surface area contributed by atoms with E-state index in [1.54, 1.807) is 0 Å². The smallest absolute Gasteiger partial charge is 0.0472 e. The number of rotatable bonds is 5. The summed E-state index contributed by atoms with van der Waals surface area (Å²) in [6.07, 6.45) is 4.50. The molecule has 2 N–H and O–H groups in total. The maximum atomic E-state index is 5.96. The number of hydrogen-bond donors (Lipinski definition) is 2. The molecule has 0 aliphatic carbocycles. The predicted octanol–water partition coefficient (Wildman–Crippen LogP) is 4.10. The van der Waals surface area contributed by atoms with Crippen LogP contribution in [-0.2, 0) is 6.54 Å². The van der Waals surface area contributed by atoms with Crippen molar-refractivity contribution in [2.75, 3.05) is 0 Å². The second-order valence-electron chi connectivity index (χ2n) is 4.57. The second-order valence-corrected chi connectivity index (χ2v) is 5.01.